The third-order valence-electron chi connectivity index (χ3n) is 3.99. The molecule has 0 fully saturated rings. The van der Waals surface area contributed by atoms with Gasteiger partial charge in [0.15, 0.2) is 11.8 Å². The summed E-state index contributed by atoms with van der Waals surface area (Å²) in [6, 6.07) is 5.55. The van der Waals surface area contributed by atoms with Crippen LogP contribution in [0.15, 0.2) is 23.6 Å². The number of thiophene rings is 1. The Kier molecular flexibility index (Phi) is 5.01. The van der Waals surface area contributed by atoms with Crippen molar-refractivity contribution in [2.75, 3.05) is 13.7 Å². The fourth-order valence-electron chi connectivity index (χ4n) is 2.73. The van der Waals surface area contributed by atoms with E-state index in [1.54, 1.807) is 24.7 Å². The molecule has 3 aromatic rings. The molecule has 0 bridgehead atoms. The highest BCUT2D eigenvalue weighted by atomic mass is 32.1. The van der Waals surface area contributed by atoms with E-state index in [9.17, 15) is 9.59 Å². The van der Waals surface area contributed by atoms with Crippen LogP contribution in [0.3, 0.4) is 0 Å². The Morgan fingerprint density at radius 3 is 2.85 bits per heavy atom. The van der Waals surface area contributed by atoms with Crippen molar-refractivity contribution in [3.8, 4) is 10.6 Å². The van der Waals surface area contributed by atoms with Crippen LogP contribution in [-0.4, -0.2) is 51.5 Å². The normalized spacial score (nSPS) is 12.3. The minimum atomic E-state index is -1.13. The molecule has 1 atom stereocenters. The van der Waals surface area contributed by atoms with Crippen LogP contribution < -0.4 is 5.32 Å². The lowest BCUT2D eigenvalue weighted by Crippen LogP contribution is -2.37. The van der Waals surface area contributed by atoms with Crippen LogP contribution in [-0.2, 0) is 16.6 Å². The zero-order chi connectivity index (χ0) is 18.8. The Labute approximate surface area is 153 Å². The van der Waals surface area contributed by atoms with Gasteiger partial charge in [-0.05, 0) is 24.4 Å². The molecule has 0 saturated heterocycles. The fourth-order valence-corrected chi connectivity index (χ4v) is 3.41. The minimum absolute atomic E-state index is 0.137. The van der Waals surface area contributed by atoms with Crippen molar-refractivity contribution < 1.29 is 19.4 Å². The highest BCUT2D eigenvalue weighted by Gasteiger charge is 2.22. The van der Waals surface area contributed by atoms with Crippen LogP contribution in [0.1, 0.15) is 16.1 Å². The second-order valence-electron chi connectivity index (χ2n) is 5.71. The van der Waals surface area contributed by atoms with Crippen LogP contribution in [0.5, 0.6) is 0 Å². The lowest BCUT2D eigenvalue weighted by atomic mass is 10.1. The number of aromatic nitrogens is 3. The number of aryl methyl sites for hydroxylation is 2. The Bertz CT molecular complexity index is 965. The average Bonchev–Trinajstić information content (AvgIpc) is 3.23. The molecule has 0 aliphatic carbocycles. The fraction of sp³-hybridized carbons (Fsp3) is 0.294. The van der Waals surface area contributed by atoms with E-state index in [-0.39, 0.29) is 6.54 Å². The number of nitrogens with one attached hydrogen (secondary N) is 1. The molecule has 136 valence electrons. The summed E-state index contributed by atoms with van der Waals surface area (Å²) in [7, 11) is 3.06. The zero-order valence-corrected chi connectivity index (χ0v) is 15.3. The number of fused-ring (bicyclic) bond motifs is 1. The molecule has 0 aromatic carbocycles. The van der Waals surface area contributed by atoms with Gasteiger partial charge in [0, 0.05) is 14.2 Å². The molecule has 0 aliphatic rings. The van der Waals surface area contributed by atoms with Crippen molar-refractivity contribution in [1.82, 2.24) is 20.1 Å². The van der Waals surface area contributed by atoms with Crippen LogP contribution in [0.25, 0.3) is 21.6 Å². The van der Waals surface area contributed by atoms with E-state index in [4.69, 9.17) is 9.84 Å². The summed E-state index contributed by atoms with van der Waals surface area (Å²) in [5, 5.41) is 18.6. The molecule has 3 rings (SSSR count). The smallest absolute Gasteiger partial charge is 0.334 e. The summed E-state index contributed by atoms with van der Waals surface area (Å²) >= 11 is 1.52. The summed E-state index contributed by atoms with van der Waals surface area (Å²) in [6.45, 7) is 1.67. The van der Waals surface area contributed by atoms with Gasteiger partial charge in [0.2, 0.25) is 0 Å². The highest BCUT2D eigenvalue weighted by Crippen LogP contribution is 2.29. The van der Waals surface area contributed by atoms with Crippen molar-refractivity contribution in [3.63, 3.8) is 0 Å². The molecule has 1 amide bonds. The quantitative estimate of drug-likeness (QED) is 0.682. The Hall–Kier alpha value is -2.78. The second kappa shape index (κ2) is 7.22. The number of hydrogen-bond donors (Lipinski definition) is 2. The van der Waals surface area contributed by atoms with Crippen molar-refractivity contribution in [2.45, 2.75) is 13.0 Å². The third-order valence-corrected chi connectivity index (χ3v) is 4.89. The van der Waals surface area contributed by atoms with Gasteiger partial charge < -0.3 is 15.2 Å². The van der Waals surface area contributed by atoms with E-state index in [1.165, 1.54) is 18.4 Å². The van der Waals surface area contributed by atoms with Gasteiger partial charge in [0.05, 0.1) is 33.8 Å². The van der Waals surface area contributed by atoms with E-state index in [0.29, 0.717) is 28.0 Å². The topological polar surface area (TPSA) is 106 Å². The van der Waals surface area contributed by atoms with Gasteiger partial charge in [-0.25, -0.2) is 9.78 Å². The van der Waals surface area contributed by atoms with Gasteiger partial charge in [-0.3, -0.25) is 9.48 Å². The Morgan fingerprint density at radius 1 is 1.46 bits per heavy atom. The third kappa shape index (κ3) is 3.31. The van der Waals surface area contributed by atoms with E-state index >= 15 is 0 Å². The number of rotatable bonds is 6. The summed E-state index contributed by atoms with van der Waals surface area (Å²) < 4.78 is 6.49. The molecule has 3 heterocycles. The number of pyridine rings is 1. The van der Waals surface area contributed by atoms with Gasteiger partial charge in [-0.2, -0.15) is 5.10 Å². The van der Waals surface area contributed by atoms with Crippen molar-refractivity contribution in [2.24, 2.45) is 7.05 Å². The number of carboxylic acid groups (broad SMARTS) is 1. The largest absolute Gasteiger partial charge is 0.479 e. The van der Waals surface area contributed by atoms with E-state index < -0.39 is 18.0 Å². The number of amides is 1. The van der Waals surface area contributed by atoms with Crippen molar-refractivity contribution >= 4 is 34.2 Å². The lowest BCUT2D eigenvalue weighted by Gasteiger charge is -2.12. The number of nitrogens with zero attached hydrogens (tertiary/aromatic N) is 3. The summed E-state index contributed by atoms with van der Waals surface area (Å²) in [4.78, 5) is 29.4. The number of methoxy groups -OCH3 is 1. The lowest BCUT2D eigenvalue weighted by molar-refractivity contribution is -0.148. The van der Waals surface area contributed by atoms with Crippen LogP contribution >= 0.6 is 11.3 Å². The minimum Gasteiger partial charge on any atom is -0.479 e. The number of ether oxygens (including phenoxy) is 1. The molecule has 0 radical (unpaired) electrons. The molecule has 8 nitrogen and oxygen atoms in total. The molecule has 1 unspecified atom stereocenters. The van der Waals surface area contributed by atoms with E-state index in [0.717, 1.165) is 4.88 Å². The maximum Gasteiger partial charge on any atom is 0.334 e. The predicted octanol–water partition coefficient (Wildman–Crippen LogP) is 1.83. The second-order valence-corrected chi connectivity index (χ2v) is 6.66. The van der Waals surface area contributed by atoms with Gasteiger partial charge in [0.25, 0.3) is 5.91 Å². The first-order chi connectivity index (χ1) is 12.4. The number of carbonyl (C=O) groups is 2. The average molecular weight is 374 g/mol. The molecule has 0 spiro atoms. The SMILES string of the molecule is COC(CNC(=O)c1cc(-c2cccs2)nc2c1c(C)nn2C)C(=O)O. The van der Waals surface area contributed by atoms with Crippen molar-refractivity contribution in [3.05, 3.63) is 34.8 Å². The van der Waals surface area contributed by atoms with Crippen LogP contribution in [0, 0.1) is 6.92 Å². The molecule has 26 heavy (non-hydrogen) atoms. The summed E-state index contributed by atoms with van der Waals surface area (Å²) in [6.07, 6.45) is -1.11. The van der Waals surface area contributed by atoms with E-state index in [1.807, 2.05) is 17.5 Å². The molecule has 9 heteroatoms. The Morgan fingerprint density at radius 2 is 2.23 bits per heavy atom. The molecular formula is C17H18N4O4S. The van der Waals surface area contributed by atoms with Gasteiger partial charge in [-0.1, -0.05) is 6.07 Å². The van der Waals surface area contributed by atoms with Gasteiger partial charge in [-0.15, -0.1) is 11.3 Å². The van der Waals surface area contributed by atoms with Crippen molar-refractivity contribution in [1.29, 1.82) is 0 Å². The number of carbonyl (C=O) groups excluding carboxylic acids is 1. The standard InChI is InChI=1S/C17H18N4O4S/c1-9-14-10(16(22)18-8-12(25-3)17(23)24)7-11(13-5-4-6-26-13)19-15(14)21(2)20-9/h4-7,12H,8H2,1-3H3,(H,18,22)(H,23,24). The molecule has 0 saturated carbocycles. The van der Waals surface area contributed by atoms with E-state index in [2.05, 4.69) is 15.4 Å². The summed E-state index contributed by atoms with van der Waals surface area (Å²) in [5.74, 6) is -1.53. The first-order valence-corrected chi connectivity index (χ1v) is 8.72. The maximum absolute atomic E-state index is 12.8. The zero-order valence-electron chi connectivity index (χ0n) is 14.5. The molecule has 2 N–H and O–H groups in total. The maximum atomic E-state index is 12.8. The van der Waals surface area contributed by atoms with Crippen LogP contribution in [0.2, 0.25) is 0 Å². The first-order valence-electron chi connectivity index (χ1n) is 7.84. The Balaban J connectivity index is 2.03. The summed E-state index contributed by atoms with van der Waals surface area (Å²) in [5.41, 5.74) is 2.35. The first kappa shape index (κ1) is 18.0. The van der Waals surface area contributed by atoms with Crippen LogP contribution in [0.4, 0.5) is 0 Å². The molecule has 0 aliphatic heterocycles. The number of carboxylic acids is 1. The molecule has 3 aromatic heterocycles. The predicted molar refractivity (Wildman–Crippen MR) is 97.3 cm³/mol. The van der Waals surface area contributed by atoms with Gasteiger partial charge >= 0.3 is 5.97 Å². The number of aliphatic carboxylic acids is 1. The van der Waals surface area contributed by atoms with Gasteiger partial charge in [0.1, 0.15) is 0 Å². The highest BCUT2D eigenvalue weighted by molar-refractivity contribution is 7.13. The molecular weight excluding hydrogens is 356 g/mol. The monoisotopic (exact) mass is 374 g/mol. The number of hydrogen-bond acceptors (Lipinski definition) is 6.